The van der Waals surface area contributed by atoms with E-state index in [1.807, 2.05) is 0 Å². The molecule has 3 rings (SSSR count). The molecule has 0 bridgehead atoms. The molecule has 40 heavy (non-hydrogen) atoms. The zero-order chi connectivity index (χ0) is 29.4. The van der Waals surface area contributed by atoms with E-state index < -0.39 is 60.6 Å². The van der Waals surface area contributed by atoms with Crippen LogP contribution in [0, 0.1) is 0 Å². The summed E-state index contributed by atoms with van der Waals surface area (Å²) in [4.78, 5) is 63.2. The van der Waals surface area contributed by atoms with E-state index in [2.05, 4.69) is 4.98 Å². The summed E-state index contributed by atoms with van der Waals surface area (Å²) < 4.78 is 39.6. The van der Waals surface area contributed by atoms with Crippen LogP contribution in [0.3, 0.4) is 0 Å². The molecular weight excluding hydrogens is 532 g/mol. The molecule has 1 fully saturated rings. The van der Waals surface area contributed by atoms with E-state index in [0.29, 0.717) is 5.69 Å². The maximum atomic E-state index is 12.0. The number of benzene rings is 1. The molecule has 216 valence electrons. The van der Waals surface area contributed by atoms with Gasteiger partial charge in [-0.25, -0.2) is 9.78 Å². The second kappa shape index (κ2) is 13.6. The topological polar surface area (TPSA) is 168 Å². The average Bonchev–Trinajstić information content (AvgIpc) is 3.37. The molecule has 14 nitrogen and oxygen atoms in total. The lowest BCUT2D eigenvalue weighted by Crippen LogP contribution is -2.63. The molecule has 0 spiro atoms. The summed E-state index contributed by atoms with van der Waals surface area (Å²) in [6, 6.07) is 6.48. The summed E-state index contributed by atoms with van der Waals surface area (Å²) in [6.07, 6.45) is -3.55. The van der Waals surface area contributed by atoms with Crippen molar-refractivity contribution in [2.24, 2.45) is 0 Å². The fraction of sp³-hybridized carbons (Fsp3) is 0.462. The first kappa shape index (κ1) is 30.1. The number of ether oxygens (including phenoxy) is 7. The van der Waals surface area contributed by atoms with Crippen LogP contribution in [0.2, 0.25) is 0 Å². The number of hydrogen-bond donors (Lipinski definition) is 0. The average molecular weight is 563 g/mol. The normalized spacial score (nSPS) is 22.0. The molecule has 0 saturated carbocycles. The minimum Gasteiger partial charge on any atom is -0.463 e. The largest absolute Gasteiger partial charge is 0.463 e. The summed E-state index contributed by atoms with van der Waals surface area (Å²) in [7, 11) is 0. The number of esters is 5. The maximum Gasteiger partial charge on any atom is 0.358 e. The molecule has 0 unspecified atom stereocenters. The number of imidazole rings is 1. The van der Waals surface area contributed by atoms with Gasteiger partial charge in [-0.15, -0.1) is 0 Å². The highest BCUT2D eigenvalue weighted by Gasteiger charge is 2.53. The predicted octanol–water partition coefficient (Wildman–Crippen LogP) is 1.51. The predicted molar refractivity (Wildman–Crippen MR) is 132 cm³/mol. The quantitative estimate of drug-likeness (QED) is 0.302. The molecule has 0 aliphatic carbocycles. The Bertz CT molecular complexity index is 1220. The van der Waals surface area contributed by atoms with Crippen LogP contribution in [-0.2, 0) is 47.6 Å². The van der Waals surface area contributed by atoms with Crippen molar-refractivity contribution in [1.82, 2.24) is 9.55 Å². The Balaban J connectivity index is 1.89. The van der Waals surface area contributed by atoms with Gasteiger partial charge < -0.3 is 37.7 Å². The van der Waals surface area contributed by atoms with Gasteiger partial charge in [0.25, 0.3) is 0 Å². The van der Waals surface area contributed by atoms with Gasteiger partial charge in [0, 0.05) is 39.6 Å². The summed E-state index contributed by atoms with van der Waals surface area (Å²) in [6.45, 7) is 6.12. The molecule has 5 atom stereocenters. The van der Waals surface area contributed by atoms with Crippen molar-refractivity contribution in [2.75, 3.05) is 13.2 Å². The highest BCUT2D eigenvalue weighted by Crippen LogP contribution is 2.31. The Labute approximate surface area is 229 Å². The first-order valence-electron chi connectivity index (χ1n) is 12.3. The smallest absolute Gasteiger partial charge is 0.358 e. The van der Waals surface area contributed by atoms with Crippen molar-refractivity contribution in [3.63, 3.8) is 0 Å². The molecule has 0 N–H and O–H groups in total. The van der Waals surface area contributed by atoms with Gasteiger partial charge in [-0.1, -0.05) is 0 Å². The molecular formula is C26H30N2O12. The van der Waals surface area contributed by atoms with Crippen molar-refractivity contribution in [2.45, 2.75) is 65.3 Å². The van der Waals surface area contributed by atoms with Crippen molar-refractivity contribution < 1.29 is 57.1 Å². The molecule has 1 aromatic heterocycles. The molecule has 1 saturated heterocycles. The van der Waals surface area contributed by atoms with Crippen LogP contribution < -0.4 is 4.74 Å². The van der Waals surface area contributed by atoms with E-state index in [9.17, 15) is 24.0 Å². The van der Waals surface area contributed by atoms with E-state index in [1.54, 1.807) is 35.8 Å². The Hall–Kier alpha value is -4.46. The second-order valence-corrected chi connectivity index (χ2v) is 8.57. The Morgan fingerprint density at radius 1 is 0.825 bits per heavy atom. The summed E-state index contributed by atoms with van der Waals surface area (Å²) >= 11 is 0. The van der Waals surface area contributed by atoms with E-state index in [0.717, 1.165) is 20.8 Å². The van der Waals surface area contributed by atoms with Gasteiger partial charge in [-0.2, -0.15) is 0 Å². The maximum absolute atomic E-state index is 12.0. The van der Waals surface area contributed by atoms with Crippen molar-refractivity contribution in [1.29, 1.82) is 0 Å². The Morgan fingerprint density at radius 3 is 2.00 bits per heavy atom. The molecule has 0 radical (unpaired) electrons. The van der Waals surface area contributed by atoms with Crippen molar-refractivity contribution >= 4 is 29.8 Å². The van der Waals surface area contributed by atoms with Gasteiger partial charge in [0.15, 0.2) is 17.9 Å². The number of carbonyl (C=O) groups is 5. The lowest BCUT2D eigenvalue weighted by Gasteiger charge is -2.43. The number of aromatic nitrogens is 2. The number of carbonyl (C=O) groups excluding carboxylic acids is 5. The minimum absolute atomic E-state index is 0.139. The Morgan fingerprint density at radius 2 is 1.43 bits per heavy atom. The molecule has 14 heteroatoms. The number of rotatable bonds is 10. The van der Waals surface area contributed by atoms with Gasteiger partial charge in [0.05, 0.1) is 6.61 Å². The van der Waals surface area contributed by atoms with Crippen molar-refractivity contribution in [3.05, 3.63) is 42.5 Å². The summed E-state index contributed by atoms with van der Waals surface area (Å²) in [5.74, 6) is -3.15. The van der Waals surface area contributed by atoms with Gasteiger partial charge in [0.2, 0.25) is 12.4 Å². The molecule has 1 aromatic carbocycles. The van der Waals surface area contributed by atoms with Gasteiger partial charge in [-0.3, -0.25) is 19.2 Å². The van der Waals surface area contributed by atoms with Gasteiger partial charge in [0.1, 0.15) is 24.8 Å². The third-order valence-electron chi connectivity index (χ3n) is 5.40. The van der Waals surface area contributed by atoms with Crippen LogP contribution in [0.25, 0.3) is 5.69 Å². The van der Waals surface area contributed by atoms with Crippen LogP contribution in [0.1, 0.15) is 45.1 Å². The number of nitrogens with zero attached hydrogens (tertiary/aromatic N) is 2. The molecule has 2 aromatic rings. The van der Waals surface area contributed by atoms with Crippen LogP contribution in [-0.4, -0.2) is 83.3 Å². The monoisotopic (exact) mass is 562 g/mol. The molecule has 1 aliphatic rings. The fourth-order valence-electron chi connectivity index (χ4n) is 3.89. The van der Waals surface area contributed by atoms with Crippen LogP contribution in [0.4, 0.5) is 0 Å². The van der Waals surface area contributed by atoms with Crippen LogP contribution >= 0.6 is 0 Å². The van der Waals surface area contributed by atoms with E-state index in [4.69, 9.17) is 33.2 Å². The SMILES string of the molecule is CCOC(=O)c1cn(-c2ccc(O[C@@H]3O[C@H](COC(C)=O)[C@H](OC(C)=O)[C@H](OC(C)=O)[C@H]3OC(C)=O)cc2)cn1. The zero-order valence-electron chi connectivity index (χ0n) is 22.6. The first-order valence-corrected chi connectivity index (χ1v) is 12.3. The zero-order valence-corrected chi connectivity index (χ0v) is 22.6. The highest BCUT2D eigenvalue weighted by molar-refractivity contribution is 5.87. The van der Waals surface area contributed by atoms with E-state index >= 15 is 0 Å². The van der Waals surface area contributed by atoms with Crippen LogP contribution in [0.15, 0.2) is 36.8 Å². The molecule has 1 aliphatic heterocycles. The highest BCUT2D eigenvalue weighted by atomic mass is 16.7. The number of hydrogen-bond acceptors (Lipinski definition) is 13. The Kier molecular flexibility index (Phi) is 10.2. The third kappa shape index (κ3) is 8.02. The summed E-state index contributed by atoms with van der Waals surface area (Å²) in [5, 5.41) is 0. The van der Waals surface area contributed by atoms with Crippen molar-refractivity contribution in [3.8, 4) is 11.4 Å². The third-order valence-corrected chi connectivity index (χ3v) is 5.40. The first-order chi connectivity index (χ1) is 19.0. The summed E-state index contributed by atoms with van der Waals surface area (Å²) in [5.41, 5.74) is 0.775. The van der Waals surface area contributed by atoms with E-state index in [1.165, 1.54) is 19.4 Å². The standard InChI is InChI=1S/C26H30N2O12/c1-6-34-25(33)20-11-28(13-27-20)18-7-9-19(10-8-18)39-26-24(38-17(5)32)23(37-16(4)31)22(36-15(3)30)21(40-26)12-35-14(2)29/h7-11,13,21-24,26H,6,12H2,1-5H3/t21-,22+,23+,24-,26-/m1/s1. The van der Waals surface area contributed by atoms with Gasteiger partial charge >= 0.3 is 29.8 Å². The minimum atomic E-state index is -1.37. The lowest BCUT2D eigenvalue weighted by atomic mass is 9.98. The van der Waals surface area contributed by atoms with Gasteiger partial charge in [-0.05, 0) is 31.2 Å². The fourth-order valence-corrected chi connectivity index (χ4v) is 3.89. The van der Waals surface area contributed by atoms with E-state index in [-0.39, 0.29) is 24.7 Å². The molecule has 0 amide bonds. The second-order valence-electron chi connectivity index (χ2n) is 8.57. The van der Waals surface area contributed by atoms with Crippen LogP contribution in [0.5, 0.6) is 5.75 Å². The lowest BCUT2D eigenvalue weighted by molar-refractivity contribution is -0.288. The molecule has 2 heterocycles.